The molecule has 2 heterocycles. The van der Waals surface area contributed by atoms with Crippen LogP contribution in [0.1, 0.15) is 16.8 Å². The van der Waals surface area contributed by atoms with Gasteiger partial charge in [-0.25, -0.2) is 4.98 Å². The maximum absolute atomic E-state index is 6.26. The van der Waals surface area contributed by atoms with Crippen LogP contribution in [0, 0.1) is 6.92 Å². The van der Waals surface area contributed by atoms with E-state index in [0.717, 1.165) is 36.8 Å². The summed E-state index contributed by atoms with van der Waals surface area (Å²) < 4.78 is 0. The van der Waals surface area contributed by atoms with Crippen LogP contribution in [-0.4, -0.2) is 16.5 Å². The number of benzene rings is 2. The van der Waals surface area contributed by atoms with E-state index in [2.05, 4.69) is 39.5 Å². The minimum atomic E-state index is 0.596. The van der Waals surface area contributed by atoms with Gasteiger partial charge in [0.2, 0.25) is 5.95 Å². The molecule has 0 saturated carbocycles. The predicted molar refractivity (Wildman–Crippen MR) is 108 cm³/mol. The van der Waals surface area contributed by atoms with Gasteiger partial charge >= 0.3 is 0 Å². The molecule has 0 saturated heterocycles. The van der Waals surface area contributed by atoms with Crippen LogP contribution in [0.4, 0.5) is 17.5 Å². The van der Waals surface area contributed by atoms with Gasteiger partial charge in [0.1, 0.15) is 5.82 Å². The van der Waals surface area contributed by atoms with Crippen LogP contribution >= 0.6 is 23.2 Å². The number of hydrogen-bond acceptors (Lipinski definition) is 4. The van der Waals surface area contributed by atoms with Crippen LogP contribution in [0.25, 0.3) is 0 Å². The van der Waals surface area contributed by atoms with Crippen molar-refractivity contribution in [3.8, 4) is 0 Å². The first-order chi connectivity index (χ1) is 12.6. The van der Waals surface area contributed by atoms with Crippen molar-refractivity contribution < 1.29 is 0 Å². The van der Waals surface area contributed by atoms with Gasteiger partial charge in [-0.2, -0.15) is 4.98 Å². The van der Waals surface area contributed by atoms with Crippen LogP contribution in [0.5, 0.6) is 0 Å². The van der Waals surface area contributed by atoms with E-state index in [1.54, 1.807) is 18.2 Å². The fourth-order valence-electron chi connectivity index (χ4n) is 3.16. The number of nitrogens with one attached hydrogen (secondary N) is 1. The molecule has 0 radical (unpaired) electrons. The summed E-state index contributed by atoms with van der Waals surface area (Å²) in [7, 11) is 0. The monoisotopic (exact) mass is 384 g/mol. The maximum atomic E-state index is 6.26. The highest BCUT2D eigenvalue weighted by Gasteiger charge is 2.19. The van der Waals surface area contributed by atoms with Crippen molar-refractivity contribution in [1.82, 2.24) is 9.97 Å². The van der Waals surface area contributed by atoms with E-state index in [9.17, 15) is 0 Å². The summed E-state index contributed by atoms with van der Waals surface area (Å²) >= 11 is 12.3. The molecule has 6 heteroatoms. The summed E-state index contributed by atoms with van der Waals surface area (Å²) in [5, 5.41) is 4.48. The zero-order valence-electron chi connectivity index (χ0n) is 14.3. The average Bonchev–Trinajstić information content (AvgIpc) is 2.64. The summed E-state index contributed by atoms with van der Waals surface area (Å²) in [6.07, 6.45) is 0.996. The van der Waals surface area contributed by atoms with Crippen molar-refractivity contribution >= 4 is 40.7 Å². The molecule has 1 aliphatic rings. The molecule has 0 bridgehead atoms. The van der Waals surface area contributed by atoms with Crippen LogP contribution in [0.3, 0.4) is 0 Å². The van der Waals surface area contributed by atoms with E-state index in [0.29, 0.717) is 15.9 Å². The number of aromatic nitrogens is 2. The lowest BCUT2D eigenvalue weighted by atomic mass is 10.0. The zero-order chi connectivity index (χ0) is 18.1. The van der Waals surface area contributed by atoms with Crippen molar-refractivity contribution in [2.75, 3.05) is 16.8 Å². The second-order valence-corrected chi connectivity index (χ2v) is 7.23. The molecule has 3 aromatic rings. The van der Waals surface area contributed by atoms with Crippen LogP contribution in [0.2, 0.25) is 10.0 Å². The molecular formula is C20H18Cl2N4. The molecule has 0 unspecified atom stereocenters. The molecule has 2 aromatic carbocycles. The van der Waals surface area contributed by atoms with Crippen LogP contribution in [0.15, 0.2) is 48.5 Å². The van der Waals surface area contributed by atoms with Gasteiger partial charge in [0, 0.05) is 29.9 Å². The molecule has 1 N–H and O–H groups in total. The smallest absolute Gasteiger partial charge is 0.227 e. The first-order valence-electron chi connectivity index (χ1n) is 8.48. The number of hydrogen-bond donors (Lipinski definition) is 1. The fourth-order valence-corrected chi connectivity index (χ4v) is 3.49. The Morgan fingerprint density at radius 1 is 1.00 bits per heavy atom. The number of halogens is 2. The minimum Gasteiger partial charge on any atom is -0.339 e. The lowest BCUT2D eigenvalue weighted by Gasteiger charge is -2.29. The van der Waals surface area contributed by atoms with E-state index in [-0.39, 0.29) is 0 Å². The fraction of sp³-hybridized carbons (Fsp3) is 0.200. The normalized spacial score (nSPS) is 13.4. The first-order valence-corrected chi connectivity index (χ1v) is 9.23. The van der Waals surface area contributed by atoms with Crippen molar-refractivity contribution in [3.05, 3.63) is 75.4 Å². The molecule has 26 heavy (non-hydrogen) atoms. The lowest BCUT2D eigenvalue weighted by Crippen LogP contribution is -2.32. The van der Waals surface area contributed by atoms with Crippen molar-refractivity contribution in [2.24, 2.45) is 0 Å². The highest BCUT2D eigenvalue weighted by atomic mass is 35.5. The molecule has 0 spiro atoms. The number of aryl methyl sites for hydroxylation is 1. The Kier molecular flexibility index (Phi) is 4.70. The van der Waals surface area contributed by atoms with Crippen molar-refractivity contribution in [2.45, 2.75) is 19.9 Å². The third kappa shape index (κ3) is 3.62. The average molecular weight is 385 g/mol. The van der Waals surface area contributed by atoms with Gasteiger partial charge < -0.3 is 10.2 Å². The van der Waals surface area contributed by atoms with E-state index in [1.165, 1.54) is 11.1 Å². The number of rotatable bonds is 3. The highest BCUT2D eigenvalue weighted by molar-refractivity contribution is 6.35. The number of fused-ring (bicyclic) bond motifs is 1. The first kappa shape index (κ1) is 17.1. The van der Waals surface area contributed by atoms with E-state index >= 15 is 0 Å². The van der Waals surface area contributed by atoms with E-state index in [4.69, 9.17) is 28.2 Å². The summed E-state index contributed by atoms with van der Waals surface area (Å²) in [5.74, 6) is 1.43. The molecule has 0 amide bonds. The molecule has 1 aliphatic heterocycles. The van der Waals surface area contributed by atoms with Crippen molar-refractivity contribution in [1.29, 1.82) is 0 Å². The van der Waals surface area contributed by atoms with Gasteiger partial charge in [0.15, 0.2) is 0 Å². The second kappa shape index (κ2) is 7.14. The molecule has 0 atom stereocenters. The van der Waals surface area contributed by atoms with Gasteiger partial charge in [-0.15, -0.1) is 0 Å². The van der Waals surface area contributed by atoms with Crippen molar-refractivity contribution in [3.63, 3.8) is 0 Å². The Balaban J connectivity index is 1.62. The second-order valence-electron chi connectivity index (χ2n) is 6.38. The maximum Gasteiger partial charge on any atom is 0.227 e. The molecular weight excluding hydrogens is 367 g/mol. The van der Waals surface area contributed by atoms with Gasteiger partial charge in [0.25, 0.3) is 0 Å². The quantitative estimate of drug-likeness (QED) is 0.656. The molecule has 0 aliphatic carbocycles. The Hall–Kier alpha value is -2.30. The van der Waals surface area contributed by atoms with Crippen LogP contribution in [-0.2, 0) is 13.0 Å². The highest BCUT2D eigenvalue weighted by Crippen LogP contribution is 2.29. The number of nitrogens with zero attached hydrogens (tertiary/aromatic N) is 3. The minimum absolute atomic E-state index is 0.596. The van der Waals surface area contributed by atoms with E-state index < -0.39 is 0 Å². The van der Waals surface area contributed by atoms with Gasteiger partial charge in [-0.1, -0.05) is 47.5 Å². The SMILES string of the molecule is Cc1cc(Nc2cc(Cl)ccc2Cl)nc(N2CCc3ccccc3C2)n1. The molecule has 0 fully saturated rings. The van der Waals surface area contributed by atoms with Crippen LogP contribution < -0.4 is 10.2 Å². The molecule has 1 aromatic heterocycles. The van der Waals surface area contributed by atoms with E-state index in [1.807, 2.05) is 13.0 Å². The summed E-state index contributed by atoms with van der Waals surface area (Å²) in [4.78, 5) is 11.5. The lowest BCUT2D eigenvalue weighted by molar-refractivity contribution is 0.706. The predicted octanol–water partition coefficient (Wildman–Crippen LogP) is 5.40. The topological polar surface area (TPSA) is 41.1 Å². The third-order valence-corrected chi connectivity index (χ3v) is 5.01. The number of anilines is 3. The molecule has 4 rings (SSSR count). The summed E-state index contributed by atoms with van der Waals surface area (Å²) in [6, 6.07) is 15.7. The molecule has 132 valence electrons. The largest absolute Gasteiger partial charge is 0.339 e. The van der Waals surface area contributed by atoms with Gasteiger partial charge in [-0.3, -0.25) is 0 Å². The Bertz CT molecular complexity index is 958. The standard InChI is InChI=1S/C20H18Cl2N4/c1-13-10-19(24-18-11-16(21)6-7-17(18)22)25-20(23-13)26-9-8-14-4-2-3-5-15(14)12-26/h2-7,10-11H,8-9,12H2,1H3,(H,23,24,25). The summed E-state index contributed by atoms with van der Waals surface area (Å²) in [6.45, 7) is 3.68. The third-order valence-electron chi connectivity index (χ3n) is 4.45. The Morgan fingerprint density at radius 2 is 1.81 bits per heavy atom. The Morgan fingerprint density at radius 3 is 2.65 bits per heavy atom. The van der Waals surface area contributed by atoms with Gasteiger partial charge in [0.05, 0.1) is 10.7 Å². The zero-order valence-corrected chi connectivity index (χ0v) is 15.8. The van der Waals surface area contributed by atoms with Gasteiger partial charge in [-0.05, 0) is 42.7 Å². The molecule has 4 nitrogen and oxygen atoms in total. The summed E-state index contributed by atoms with van der Waals surface area (Å²) in [5.41, 5.74) is 4.36. The Labute approximate surface area is 162 Å².